The van der Waals surface area contributed by atoms with Crippen LogP contribution < -0.4 is 21.7 Å². The molecule has 0 saturated heterocycles. The predicted octanol–water partition coefficient (Wildman–Crippen LogP) is 0.0731. The van der Waals surface area contributed by atoms with E-state index < -0.39 is 47.9 Å². The summed E-state index contributed by atoms with van der Waals surface area (Å²) < 4.78 is 0. The van der Waals surface area contributed by atoms with E-state index in [1.807, 2.05) is 44.2 Å². The van der Waals surface area contributed by atoms with E-state index in [1.54, 1.807) is 0 Å². The van der Waals surface area contributed by atoms with Crippen LogP contribution in [0.3, 0.4) is 0 Å². The van der Waals surface area contributed by atoms with Gasteiger partial charge in [0.15, 0.2) is 0 Å². The monoisotopic (exact) mass is 552 g/mol. The van der Waals surface area contributed by atoms with E-state index in [-0.39, 0.29) is 18.8 Å². The van der Waals surface area contributed by atoms with Crippen molar-refractivity contribution < 1.29 is 24.3 Å². The molecule has 8 N–H and O–H groups in total. The summed E-state index contributed by atoms with van der Waals surface area (Å²) in [6.07, 6.45) is 6.38. The average Bonchev–Trinajstić information content (AvgIpc) is 3.62. The number of benzene rings is 1. The van der Waals surface area contributed by atoms with Gasteiger partial charge in [-0.2, -0.15) is 0 Å². The molecule has 214 valence electrons. The predicted molar refractivity (Wildman–Crippen MR) is 146 cm³/mol. The fraction of sp³-hybridized carbons (Fsp3) is 0.407. The highest BCUT2D eigenvalue weighted by Gasteiger charge is 2.31. The van der Waals surface area contributed by atoms with Crippen molar-refractivity contribution in [2.75, 3.05) is 0 Å². The molecule has 1 aromatic carbocycles. The number of amides is 3. The van der Waals surface area contributed by atoms with Gasteiger partial charge in [-0.15, -0.1) is 0 Å². The van der Waals surface area contributed by atoms with Crippen LogP contribution in [0.1, 0.15) is 37.2 Å². The number of carboxylic acid groups (broad SMARTS) is 1. The van der Waals surface area contributed by atoms with Gasteiger partial charge in [0.05, 0.1) is 18.7 Å². The smallest absolute Gasteiger partial charge is 0.326 e. The molecule has 2 aromatic heterocycles. The zero-order valence-electron chi connectivity index (χ0n) is 22.5. The Morgan fingerprint density at radius 2 is 1.32 bits per heavy atom. The van der Waals surface area contributed by atoms with Gasteiger partial charge in [0, 0.05) is 36.6 Å². The van der Waals surface area contributed by atoms with Gasteiger partial charge in [0.2, 0.25) is 17.7 Å². The summed E-state index contributed by atoms with van der Waals surface area (Å²) in [5.74, 6) is -3.00. The third kappa shape index (κ3) is 9.34. The van der Waals surface area contributed by atoms with Crippen LogP contribution in [0.4, 0.5) is 0 Å². The summed E-state index contributed by atoms with van der Waals surface area (Å²) >= 11 is 0. The van der Waals surface area contributed by atoms with Gasteiger partial charge in [-0.3, -0.25) is 14.4 Å². The number of carbonyl (C=O) groups is 4. The van der Waals surface area contributed by atoms with E-state index in [4.69, 9.17) is 5.73 Å². The molecule has 0 aliphatic carbocycles. The van der Waals surface area contributed by atoms with Crippen molar-refractivity contribution >= 4 is 23.7 Å². The lowest BCUT2D eigenvalue weighted by molar-refractivity contribution is -0.142. The molecule has 13 heteroatoms. The summed E-state index contributed by atoms with van der Waals surface area (Å²) in [6.45, 7) is 3.80. The summed E-state index contributed by atoms with van der Waals surface area (Å²) in [7, 11) is 0. The van der Waals surface area contributed by atoms with Gasteiger partial charge in [-0.25, -0.2) is 14.8 Å². The minimum absolute atomic E-state index is 0.0177. The molecule has 0 radical (unpaired) electrons. The molecule has 0 saturated carbocycles. The Kier molecular flexibility index (Phi) is 10.9. The van der Waals surface area contributed by atoms with Crippen LogP contribution in [0.5, 0.6) is 0 Å². The third-order valence-corrected chi connectivity index (χ3v) is 6.18. The van der Waals surface area contributed by atoms with E-state index >= 15 is 0 Å². The maximum atomic E-state index is 13.4. The molecule has 3 aromatic rings. The van der Waals surface area contributed by atoms with E-state index in [0.717, 1.165) is 5.56 Å². The van der Waals surface area contributed by atoms with Crippen LogP contribution in [-0.2, 0) is 38.4 Å². The first-order valence-corrected chi connectivity index (χ1v) is 13.0. The maximum absolute atomic E-state index is 13.4. The van der Waals surface area contributed by atoms with Crippen molar-refractivity contribution in [1.29, 1.82) is 0 Å². The Morgan fingerprint density at radius 3 is 1.85 bits per heavy atom. The second-order valence-corrected chi connectivity index (χ2v) is 10.0. The summed E-state index contributed by atoms with van der Waals surface area (Å²) in [5.41, 5.74) is 8.08. The Balaban J connectivity index is 1.72. The van der Waals surface area contributed by atoms with Crippen molar-refractivity contribution in [3.05, 3.63) is 72.3 Å². The van der Waals surface area contributed by atoms with Crippen LogP contribution in [0.15, 0.2) is 55.4 Å². The molecule has 2 heterocycles. The highest BCUT2D eigenvalue weighted by Crippen LogP contribution is 2.09. The van der Waals surface area contributed by atoms with Gasteiger partial charge in [0.25, 0.3) is 0 Å². The molecule has 3 rings (SSSR count). The molecule has 4 atom stereocenters. The SMILES string of the molecule is CC(C)CC(NC(=O)C(N)Cc1ccccc1)C(=O)NC(Cc1cnc[nH]1)C(=O)NC(Cc1cnc[nH]1)C(=O)O. The van der Waals surface area contributed by atoms with Crippen molar-refractivity contribution in [3.8, 4) is 0 Å². The Bertz CT molecular complexity index is 1230. The van der Waals surface area contributed by atoms with Gasteiger partial charge in [-0.1, -0.05) is 44.2 Å². The standard InChI is InChI=1S/C27H36N8O5/c1-16(2)8-21(33-24(36)20(28)9-17-6-4-3-5-7-17)25(37)34-22(10-18-12-29-14-31-18)26(38)35-23(27(39)40)11-19-13-30-15-32-19/h3-7,12-16,20-23H,8-11,28H2,1-2H3,(H,29,31)(H,30,32)(H,33,36)(H,34,37)(H,35,38)(H,39,40). The molecule has 4 unspecified atom stereocenters. The zero-order valence-corrected chi connectivity index (χ0v) is 22.5. The van der Waals surface area contributed by atoms with Crippen LogP contribution >= 0.6 is 0 Å². The largest absolute Gasteiger partial charge is 0.480 e. The molecule has 0 aliphatic heterocycles. The van der Waals surface area contributed by atoms with Crippen molar-refractivity contribution in [3.63, 3.8) is 0 Å². The molecular weight excluding hydrogens is 516 g/mol. The van der Waals surface area contributed by atoms with Gasteiger partial charge in [0.1, 0.15) is 18.1 Å². The van der Waals surface area contributed by atoms with Crippen LogP contribution in [-0.4, -0.2) is 72.9 Å². The molecule has 0 fully saturated rings. The number of aromatic amines is 2. The number of imidazole rings is 2. The molecule has 0 aliphatic rings. The van der Waals surface area contributed by atoms with E-state index in [1.165, 1.54) is 25.0 Å². The topological polar surface area (TPSA) is 208 Å². The lowest BCUT2D eigenvalue weighted by atomic mass is 10.0. The number of aromatic nitrogens is 4. The van der Waals surface area contributed by atoms with Crippen LogP contribution in [0.25, 0.3) is 0 Å². The molecule has 40 heavy (non-hydrogen) atoms. The second kappa shape index (κ2) is 14.6. The number of hydrogen-bond acceptors (Lipinski definition) is 7. The highest BCUT2D eigenvalue weighted by atomic mass is 16.4. The van der Waals surface area contributed by atoms with Crippen LogP contribution in [0.2, 0.25) is 0 Å². The Morgan fingerprint density at radius 1 is 0.800 bits per heavy atom. The highest BCUT2D eigenvalue weighted by molar-refractivity contribution is 5.94. The average molecular weight is 553 g/mol. The van der Waals surface area contributed by atoms with E-state index in [2.05, 4.69) is 35.9 Å². The molecule has 13 nitrogen and oxygen atoms in total. The lowest BCUT2D eigenvalue weighted by Gasteiger charge is -2.26. The first-order chi connectivity index (χ1) is 19.1. The number of H-pyrrole nitrogens is 2. The number of hydrogen-bond donors (Lipinski definition) is 7. The Hall–Kier alpha value is -4.52. The fourth-order valence-electron chi connectivity index (χ4n) is 4.13. The quantitative estimate of drug-likeness (QED) is 0.137. The van der Waals surface area contributed by atoms with Crippen molar-refractivity contribution in [2.24, 2.45) is 11.7 Å². The first-order valence-electron chi connectivity index (χ1n) is 13.0. The number of carboxylic acids is 1. The van der Waals surface area contributed by atoms with Gasteiger partial charge < -0.3 is 36.8 Å². The lowest BCUT2D eigenvalue weighted by Crippen LogP contribution is -2.58. The molecular formula is C27H36N8O5. The zero-order chi connectivity index (χ0) is 29.1. The summed E-state index contributed by atoms with van der Waals surface area (Å²) in [5, 5.41) is 17.6. The number of nitrogens with zero attached hydrogens (tertiary/aromatic N) is 2. The third-order valence-electron chi connectivity index (χ3n) is 6.18. The van der Waals surface area contributed by atoms with Crippen LogP contribution in [0, 0.1) is 5.92 Å². The number of nitrogens with two attached hydrogens (primary N) is 1. The van der Waals surface area contributed by atoms with Gasteiger partial charge in [-0.05, 0) is 24.3 Å². The Labute approximate surface area is 231 Å². The first kappa shape index (κ1) is 30.0. The summed E-state index contributed by atoms with van der Waals surface area (Å²) in [4.78, 5) is 65.0. The molecule has 0 spiro atoms. The fourth-order valence-corrected chi connectivity index (χ4v) is 4.13. The van der Waals surface area contributed by atoms with E-state index in [0.29, 0.717) is 24.2 Å². The number of nitrogens with one attached hydrogen (secondary N) is 5. The summed E-state index contributed by atoms with van der Waals surface area (Å²) in [6, 6.07) is 5.02. The minimum Gasteiger partial charge on any atom is -0.480 e. The molecule has 3 amide bonds. The van der Waals surface area contributed by atoms with Crippen molar-refractivity contribution in [2.45, 2.75) is 63.7 Å². The van der Waals surface area contributed by atoms with Crippen molar-refractivity contribution in [1.82, 2.24) is 35.9 Å². The van der Waals surface area contributed by atoms with E-state index in [9.17, 15) is 24.3 Å². The normalized spacial score (nSPS) is 14.1. The number of rotatable bonds is 15. The minimum atomic E-state index is -1.27. The number of aliphatic carboxylic acids is 1. The molecule has 0 bridgehead atoms. The van der Waals surface area contributed by atoms with Gasteiger partial charge >= 0.3 is 5.97 Å². The second-order valence-electron chi connectivity index (χ2n) is 10.0. The maximum Gasteiger partial charge on any atom is 0.326 e. The number of carbonyl (C=O) groups excluding carboxylic acids is 3.